The van der Waals surface area contributed by atoms with Crippen LogP contribution in [0.2, 0.25) is 5.02 Å². The summed E-state index contributed by atoms with van der Waals surface area (Å²) in [4.78, 5) is 56.5. The van der Waals surface area contributed by atoms with Crippen LogP contribution in [-0.4, -0.2) is 47.8 Å². The molecule has 3 amide bonds. The van der Waals surface area contributed by atoms with Gasteiger partial charge in [0.2, 0.25) is 17.7 Å². The molecule has 6 rings (SSSR count). The zero-order chi connectivity index (χ0) is 23.8. The molecule has 1 N–H and O–H groups in total. The van der Waals surface area contributed by atoms with Crippen LogP contribution in [0.5, 0.6) is 0 Å². The zero-order valence-corrected chi connectivity index (χ0v) is 19.2. The second kappa shape index (κ2) is 7.38. The number of fused-ring (bicyclic) bond motifs is 7. The van der Waals surface area contributed by atoms with Crippen LogP contribution in [0.3, 0.4) is 0 Å². The second-order valence-corrected chi connectivity index (χ2v) is 9.53. The predicted molar refractivity (Wildman–Crippen MR) is 123 cm³/mol. The predicted octanol–water partition coefficient (Wildman–Crippen LogP) is 2.95. The number of nitrogens with zero attached hydrogens (tertiary/aromatic N) is 2. The summed E-state index contributed by atoms with van der Waals surface area (Å²) >= 11 is 6.31. The van der Waals surface area contributed by atoms with E-state index in [1.165, 1.54) is 17.0 Å². The molecule has 4 atom stereocenters. The van der Waals surface area contributed by atoms with E-state index < -0.39 is 29.3 Å². The molecule has 3 fully saturated rings. The highest BCUT2D eigenvalue weighted by atomic mass is 35.5. The maximum Gasteiger partial charge on any atom is 0.338 e. The van der Waals surface area contributed by atoms with E-state index in [-0.39, 0.29) is 24.5 Å². The molecular weight excluding hydrogens is 458 g/mol. The van der Waals surface area contributed by atoms with Gasteiger partial charge >= 0.3 is 5.97 Å². The molecule has 8 nitrogen and oxygen atoms in total. The summed E-state index contributed by atoms with van der Waals surface area (Å²) in [6.45, 7) is 2.60. The SMILES string of the molecule is CCOC(=O)c1ccc(N2C(=O)[C@@H]3[C@@H]4CCCN4[C@@]4(C(=O)Nc5ccc(Cl)cc54)[C@H]3C2=O)cc1. The number of benzene rings is 2. The van der Waals surface area contributed by atoms with E-state index in [2.05, 4.69) is 10.2 Å². The Morgan fingerprint density at radius 3 is 2.65 bits per heavy atom. The Morgan fingerprint density at radius 1 is 1.15 bits per heavy atom. The summed E-state index contributed by atoms with van der Waals surface area (Å²) in [6, 6.07) is 11.2. The average Bonchev–Trinajstić information content (AvgIpc) is 3.53. The second-order valence-electron chi connectivity index (χ2n) is 9.10. The molecule has 0 aromatic heterocycles. The molecule has 1 spiro atoms. The van der Waals surface area contributed by atoms with Crippen LogP contribution in [0.4, 0.5) is 11.4 Å². The van der Waals surface area contributed by atoms with Crippen molar-refractivity contribution in [3.63, 3.8) is 0 Å². The zero-order valence-electron chi connectivity index (χ0n) is 18.4. The molecule has 0 radical (unpaired) electrons. The molecule has 0 bridgehead atoms. The third kappa shape index (κ3) is 2.58. The van der Waals surface area contributed by atoms with Crippen LogP contribution in [0, 0.1) is 11.8 Å². The summed E-state index contributed by atoms with van der Waals surface area (Å²) in [5.74, 6) is -2.95. The normalized spacial score (nSPS) is 29.4. The van der Waals surface area contributed by atoms with Crippen molar-refractivity contribution in [1.82, 2.24) is 4.90 Å². The van der Waals surface area contributed by atoms with Gasteiger partial charge in [-0.05, 0) is 68.8 Å². The van der Waals surface area contributed by atoms with Crippen LogP contribution in [0.15, 0.2) is 42.5 Å². The van der Waals surface area contributed by atoms with Gasteiger partial charge in [0.05, 0.1) is 29.7 Å². The van der Waals surface area contributed by atoms with Crippen LogP contribution in [-0.2, 0) is 24.7 Å². The number of imide groups is 1. The number of rotatable bonds is 3. The smallest absolute Gasteiger partial charge is 0.338 e. The van der Waals surface area contributed by atoms with E-state index in [4.69, 9.17) is 16.3 Å². The van der Waals surface area contributed by atoms with Crippen molar-refractivity contribution in [3.05, 3.63) is 58.6 Å². The number of nitrogens with one attached hydrogen (secondary N) is 1. The van der Waals surface area contributed by atoms with Crippen molar-refractivity contribution >= 4 is 46.7 Å². The number of esters is 1. The maximum absolute atomic E-state index is 13.9. The number of carbonyl (C=O) groups is 4. The lowest BCUT2D eigenvalue weighted by Gasteiger charge is -2.36. The average molecular weight is 480 g/mol. The van der Waals surface area contributed by atoms with Crippen molar-refractivity contribution in [2.24, 2.45) is 11.8 Å². The Morgan fingerprint density at radius 2 is 1.91 bits per heavy atom. The van der Waals surface area contributed by atoms with Crippen molar-refractivity contribution in [1.29, 1.82) is 0 Å². The van der Waals surface area contributed by atoms with Crippen LogP contribution < -0.4 is 10.2 Å². The minimum absolute atomic E-state index is 0.207. The Bertz CT molecular complexity index is 1260. The Kier molecular flexibility index (Phi) is 4.63. The van der Waals surface area contributed by atoms with Crippen LogP contribution >= 0.6 is 11.6 Å². The van der Waals surface area contributed by atoms with E-state index in [0.29, 0.717) is 34.1 Å². The van der Waals surface area contributed by atoms with Crippen molar-refractivity contribution in [2.45, 2.75) is 31.3 Å². The molecule has 2 aromatic rings. The number of carbonyl (C=O) groups excluding carboxylic acids is 4. The molecule has 2 aromatic carbocycles. The summed E-state index contributed by atoms with van der Waals surface area (Å²) < 4.78 is 5.01. The van der Waals surface area contributed by atoms with E-state index in [9.17, 15) is 19.2 Å². The van der Waals surface area contributed by atoms with E-state index in [1.807, 2.05) is 0 Å². The molecule has 0 saturated carbocycles. The van der Waals surface area contributed by atoms with Crippen LogP contribution in [0.25, 0.3) is 0 Å². The lowest BCUT2D eigenvalue weighted by Crippen LogP contribution is -2.54. The highest BCUT2D eigenvalue weighted by molar-refractivity contribution is 6.31. The highest BCUT2D eigenvalue weighted by Crippen LogP contribution is 2.60. The van der Waals surface area contributed by atoms with Gasteiger partial charge in [0, 0.05) is 22.3 Å². The van der Waals surface area contributed by atoms with Crippen molar-refractivity contribution < 1.29 is 23.9 Å². The molecule has 3 saturated heterocycles. The van der Waals surface area contributed by atoms with Gasteiger partial charge in [-0.2, -0.15) is 0 Å². The lowest BCUT2D eigenvalue weighted by molar-refractivity contribution is -0.135. The number of hydrogen-bond donors (Lipinski definition) is 1. The number of ether oxygens (including phenoxy) is 1. The van der Waals surface area contributed by atoms with E-state index in [1.54, 1.807) is 37.3 Å². The Labute approximate surface area is 200 Å². The van der Waals surface area contributed by atoms with Gasteiger partial charge in [-0.15, -0.1) is 0 Å². The third-order valence-electron chi connectivity index (χ3n) is 7.59. The molecule has 0 aliphatic carbocycles. The monoisotopic (exact) mass is 479 g/mol. The van der Waals surface area contributed by atoms with Gasteiger partial charge < -0.3 is 10.1 Å². The fraction of sp³-hybridized carbons (Fsp3) is 0.360. The quantitative estimate of drug-likeness (QED) is 0.537. The molecule has 4 aliphatic rings. The minimum atomic E-state index is -1.27. The number of anilines is 2. The number of hydrogen-bond acceptors (Lipinski definition) is 6. The van der Waals surface area contributed by atoms with Crippen molar-refractivity contribution in [2.75, 3.05) is 23.4 Å². The fourth-order valence-electron chi connectivity index (χ4n) is 6.39. The third-order valence-corrected chi connectivity index (χ3v) is 7.83. The van der Waals surface area contributed by atoms with E-state index in [0.717, 1.165) is 12.8 Å². The molecule has 9 heteroatoms. The first-order chi connectivity index (χ1) is 16.4. The van der Waals surface area contributed by atoms with Gasteiger partial charge in [0.15, 0.2) is 0 Å². The van der Waals surface area contributed by atoms with Gasteiger partial charge in [-0.3, -0.25) is 19.3 Å². The summed E-state index contributed by atoms with van der Waals surface area (Å²) in [5, 5.41) is 3.40. The minimum Gasteiger partial charge on any atom is -0.462 e. The van der Waals surface area contributed by atoms with Gasteiger partial charge in [-0.1, -0.05) is 11.6 Å². The number of amides is 3. The first-order valence-corrected chi connectivity index (χ1v) is 11.8. The lowest BCUT2D eigenvalue weighted by atomic mass is 9.75. The molecular formula is C25H22ClN3O5. The van der Waals surface area contributed by atoms with Crippen LogP contribution in [0.1, 0.15) is 35.7 Å². The van der Waals surface area contributed by atoms with Gasteiger partial charge in [-0.25, -0.2) is 9.69 Å². The Hall–Kier alpha value is -3.23. The summed E-state index contributed by atoms with van der Waals surface area (Å²) in [5.41, 5.74) is 0.727. The first-order valence-electron chi connectivity index (χ1n) is 11.4. The standard InChI is InChI=1S/C25H22ClN3O5/c1-2-34-23(32)13-5-8-15(9-6-13)29-21(30)19-18-4-3-11-28(18)25(20(19)22(29)31)16-12-14(26)7-10-17(16)27-24(25)33/h5-10,12,18-20H,2-4,11H2,1H3,(H,27,33)/t18-,19+,20+,25+/m0/s1. The first kappa shape index (κ1) is 21.3. The Balaban J connectivity index is 1.45. The molecule has 174 valence electrons. The number of halogens is 1. The topological polar surface area (TPSA) is 96.0 Å². The summed E-state index contributed by atoms with van der Waals surface area (Å²) in [7, 11) is 0. The highest BCUT2D eigenvalue weighted by Gasteiger charge is 2.74. The molecule has 0 unspecified atom stereocenters. The molecule has 4 heterocycles. The maximum atomic E-state index is 13.9. The van der Waals surface area contributed by atoms with Crippen molar-refractivity contribution in [3.8, 4) is 0 Å². The fourth-order valence-corrected chi connectivity index (χ4v) is 6.56. The van der Waals surface area contributed by atoms with E-state index >= 15 is 0 Å². The van der Waals surface area contributed by atoms with Gasteiger partial charge in [0.1, 0.15) is 5.54 Å². The summed E-state index contributed by atoms with van der Waals surface area (Å²) in [6.07, 6.45) is 1.58. The van der Waals surface area contributed by atoms with Gasteiger partial charge in [0.25, 0.3) is 0 Å². The molecule has 4 aliphatic heterocycles. The molecule has 34 heavy (non-hydrogen) atoms. The largest absolute Gasteiger partial charge is 0.462 e.